The molecule has 3 rings (SSSR count). The number of nitrogens with zero attached hydrogens (tertiary/aromatic N) is 1. The zero-order chi connectivity index (χ0) is 21.9. The molecule has 30 heavy (non-hydrogen) atoms. The maximum absolute atomic E-state index is 15.0. The van der Waals surface area contributed by atoms with Gasteiger partial charge in [0, 0.05) is 5.56 Å². The predicted molar refractivity (Wildman–Crippen MR) is 110 cm³/mol. The summed E-state index contributed by atoms with van der Waals surface area (Å²) >= 11 is 0. The summed E-state index contributed by atoms with van der Waals surface area (Å²) in [6, 6.07) is 16.8. The summed E-state index contributed by atoms with van der Waals surface area (Å²) in [6.45, 7) is 1.72. The molecule has 0 atom stereocenters. The van der Waals surface area contributed by atoms with Gasteiger partial charge in [0.25, 0.3) is 10.0 Å². The van der Waals surface area contributed by atoms with E-state index in [9.17, 15) is 18.3 Å². The van der Waals surface area contributed by atoms with Crippen LogP contribution in [0.5, 0.6) is 0 Å². The van der Waals surface area contributed by atoms with E-state index in [0.717, 1.165) is 6.07 Å². The molecule has 0 saturated carbocycles. The van der Waals surface area contributed by atoms with Crippen molar-refractivity contribution in [2.75, 3.05) is 4.72 Å². The third-order valence-electron chi connectivity index (χ3n) is 4.57. The number of rotatable bonds is 6. The number of sulfonamides is 1. The Balaban J connectivity index is 2.20. The molecule has 0 bridgehead atoms. The van der Waals surface area contributed by atoms with Gasteiger partial charge in [0.2, 0.25) is 0 Å². The molecule has 3 aromatic carbocycles. The number of carbonyl (C=O) groups is 1. The van der Waals surface area contributed by atoms with Crippen molar-refractivity contribution in [2.45, 2.75) is 18.2 Å². The van der Waals surface area contributed by atoms with Crippen LogP contribution >= 0.6 is 0 Å². The molecule has 0 fully saturated rings. The number of nitriles is 1. The Morgan fingerprint density at radius 2 is 1.83 bits per heavy atom. The minimum Gasteiger partial charge on any atom is -0.478 e. The van der Waals surface area contributed by atoms with Crippen LogP contribution < -0.4 is 4.72 Å². The van der Waals surface area contributed by atoms with Crippen molar-refractivity contribution >= 4 is 21.7 Å². The van der Waals surface area contributed by atoms with Crippen LogP contribution in [-0.2, 0) is 16.4 Å². The van der Waals surface area contributed by atoms with E-state index in [2.05, 4.69) is 4.72 Å². The number of carboxylic acids is 1. The van der Waals surface area contributed by atoms with Gasteiger partial charge in [-0.2, -0.15) is 5.26 Å². The van der Waals surface area contributed by atoms with E-state index < -0.39 is 21.8 Å². The number of aryl methyl sites for hydroxylation is 1. The highest BCUT2D eigenvalue weighted by molar-refractivity contribution is 7.92. The van der Waals surface area contributed by atoms with E-state index in [0.29, 0.717) is 17.5 Å². The second kappa shape index (κ2) is 8.35. The van der Waals surface area contributed by atoms with E-state index in [1.54, 1.807) is 43.3 Å². The average molecular weight is 424 g/mol. The molecular formula is C22H17FN2O4S. The van der Waals surface area contributed by atoms with Crippen LogP contribution in [0.1, 0.15) is 28.4 Å². The van der Waals surface area contributed by atoms with Crippen molar-refractivity contribution in [1.29, 1.82) is 5.26 Å². The molecule has 0 unspecified atom stereocenters. The van der Waals surface area contributed by atoms with Crippen LogP contribution in [0.4, 0.5) is 10.1 Å². The van der Waals surface area contributed by atoms with Gasteiger partial charge in [0.15, 0.2) is 5.82 Å². The zero-order valence-electron chi connectivity index (χ0n) is 15.9. The Labute approximate surface area is 173 Å². The highest BCUT2D eigenvalue weighted by atomic mass is 32.2. The number of benzene rings is 3. The van der Waals surface area contributed by atoms with Crippen molar-refractivity contribution in [2.24, 2.45) is 0 Å². The molecule has 0 amide bonds. The highest BCUT2D eigenvalue weighted by Crippen LogP contribution is 2.34. The molecule has 6 nitrogen and oxygen atoms in total. The summed E-state index contributed by atoms with van der Waals surface area (Å²) in [5.74, 6) is -2.29. The van der Waals surface area contributed by atoms with Crippen LogP contribution in [0.3, 0.4) is 0 Å². The molecule has 0 aliphatic rings. The minimum absolute atomic E-state index is 0.206. The van der Waals surface area contributed by atoms with Crippen molar-refractivity contribution in [1.82, 2.24) is 0 Å². The van der Waals surface area contributed by atoms with Crippen molar-refractivity contribution in [3.8, 4) is 17.2 Å². The van der Waals surface area contributed by atoms with Gasteiger partial charge in [-0.3, -0.25) is 4.72 Å². The van der Waals surface area contributed by atoms with E-state index in [1.165, 1.54) is 24.3 Å². The lowest BCUT2D eigenvalue weighted by Crippen LogP contribution is -2.18. The van der Waals surface area contributed by atoms with Crippen molar-refractivity contribution in [3.05, 3.63) is 83.2 Å². The maximum atomic E-state index is 15.0. The molecule has 0 spiro atoms. The number of anilines is 1. The van der Waals surface area contributed by atoms with Crippen molar-refractivity contribution < 1.29 is 22.7 Å². The first kappa shape index (κ1) is 21.0. The summed E-state index contributed by atoms with van der Waals surface area (Å²) in [7, 11) is -4.35. The van der Waals surface area contributed by atoms with Crippen LogP contribution in [-0.4, -0.2) is 19.5 Å². The number of hydrogen-bond acceptors (Lipinski definition) is 4. The zero-order valence-corrected chi connectivity index (χ0v) is 16.7. The molecule has 0 radical (unpaired) electrons. The molecular weight excluding hydrogens is 407 g/mol. The molecule has 152 valence electrons. The summed E-state index contributed by atoms with van der Waals surface area (Å²) in [6.07, 6.45) is 0.322. The molecule has 0 aromatic heterocycles. The Morgan fingerprint density at radius 3 is 2.43 bits per heavy atom. The Kier molecular flexibility index (Phi) is 5.85. The number of carboxylic acid groups (broad SMARTS) is 1. The Bertz CT molecular complexity index is 1270. The Hall–Kier alpha value is -3.70. The standard InChI is InChI=1S/C22H17FN2O4S/c1-2-14-8-9-16(22(26)27)12-19(14)30(28,29)25-21-18(15-6-4-3-5-7-15)11-10-17(13-24)20(21)23/h3-12,25H,2H2,1H3,(H,26,27). The van der Waals surface area contributed by atoms with Crippen LogP contribution in [0, 0.1) is 17.1 Å². The molecule has 3 aromatic rings. The SMILES string of the molecule is CCc1ccc(C(=O)O)cc1S(=O)(=O)Nc1c(-c2ccccc2)ccc(C#N)c1F. The molecule has 0 saturated heterocycles. The van der Waals surface area contributed by atoms with E-state index in [4.69, 9.17) is 5.26 Å². The van der Waals surface area contributed by atoms with Gasteiger partial charge >= 0.3 is 5.97 Å². The topological polar surface area (TPSA) is 107 Å². The fourth-order valence-corrected chi connectivity index (χ4v) is 4.46. The number of hydrogen-bond donors (Lipinski definition) is 2. The van der Waals surface area contributed by atoms with E-state index in [-0.39, 0.29) is 27.3 Å². The second-order valence-corrected chi connectivity index (χ2v) is 8.07. The van der Waals surface area contributed by atoms with Crippen LogP contribution in [0.2, 0.25) is 0 Å². The third kappa shape index (κ3) is 4.02. The van der Waals surface area contributed by atoms with Gasteiger partial charge in [0.1, 0.15) is 6.07 Å². The highest BCUT2D eigenvalue weighted by Gasteiger charge is 2.24. The normalized spacial score (nSPS) is 11.0. The predicted octanol–water partition coefficient (Wildman–Crippen LogP) is 4.43. The van der Waals surface area contributed by atoms with Gasteiger partial charge < -0.3 is 5.11 Å². The molecule has 0 heterocycles. The lowest BCUT2D eigenvalue weighted by atomic mass is 10.0. The smallest absolute Gasteiger partial charge is 0.335 e. The molecule has 0 aliphatic heterocycles. The van der Waals surface area contributed by atoms with Gasteiger partial charge in [-0.05, 0) is 35.7 Å². The molecule has 2 N–H and O–H groups in total. The molecule has 8 heteroatoms. The Morgan fingerprint density at radius 1 is 1.13 bits per heavy atom. The fraction of sp³-hybridized carbons (Fsp3) is 0.0909. The maximum Gasteiger partial charge on any atom is 0.335 e. The monoisotopic (exact) mass is 424 g/mol. The summed E-state index contributed by atoms with van der Waals surface area (Å²) in [5, 5.41) is 18.4. The van der Waals surface area contributed by atoms with Gasteiger partial charge in [-0.1, -0.05) is 49.4 Å². The van der Waals surface area contributed by atoms with E-state index in [1.807, 2.05) is 0 Å². The lowest BCUT2D eigenvalue weighted by Gasteiger charge is -2.16. The van der Waals surface area contributed by atoms with E-state index >= 15 is 4.39 Å². The first-order valence-corrected chi connectivity index (χ1v) is 10.4. The molecule has 0 aliphatic carbocycles. The second-order valence-electron chi connectivity index (χ2n) is 6.41. The van der Waals surface area contributed by atoms with Gasteiger partial charge in [0.05, 0.1) is 21.7 Å². The van der Waals surface area contributed by atoms with Crippen LogP contribution in [0.25, 0.3) is 11.1 Å². The average Bonchev–Trinajstić information content (AvgIpc) is 2.75. The minimum atomic E-state index is -4.35. The number of aromatic carboxylic acids is 1. The first-order chi connectivity index (χ1) is 14.3. The van der Waals surface area contributed by atoms with Crippen LogP contribution in [0.15, 0.2) is 65.6 Å². The summed E-state index contributed by atoms with van der Waals surface area (Å²) in [5.41, 5.74) is 0.287. The first-order valence-electron chi connectivity index (χ1n) is 8.95. The quantitative estimate of drug-likeness (QED) is 0.609. The lowest BCUT2D eigenvalue weighted by molar-refractivity contribution is 0.0696. The van der Waals surface area contributed by atoms with Crippen molar-refractivity contribution in [3.63, 3.8) is 0 Å². The third-order valence-corrected chi connectivity index (χ3v) is 6.00. The number of nitrogens with one attached hydrogen (secondary N) is 1. The summed E-state index contributed by atoms with van der Waals surface area (Å²) in [4.78, 5) is 11.0. The fourth-order valence-electron chi connectivity index (χ4n) is 3.04. The number of halogens is 1. The van der Waals surface area contributed by atoms with Gasteiger partial charge in [-0.15, -0.1) is 0 Å². The largest absolute Gasteiger partial charge is 0.478 e. The summed E-state index contributed by atoms with van der Waals surface area (Å²) < 4.78 is 43.5. The van der Waals surface area contributed by atoms with Gasteiger partial charge in [-0.25, -0.2) is 17.6 Å².